The van der Waals surface area contributed by atoms with E-state index >= 15 is 0 Å². The predicted molar refractivity (Wildman–Crippen MR) is 77.0 cm³/mol. The lowest BCUT2D eigenvalue weighted by Gasteiger charge is -2.21. The number of fused-ring (bicyclic) bond motifs is 3. The van der Waals surface area contributed by atoms with E-state index in [-0.39, 0.29) is 34.5 Å². The smallest absolute Gasteiger partial charge is 0.420 e. The molecule has 3 heterocycles. The molecule has 2 saturated heterocycles. The van der Waals surface area contributed by atoms with Crippen molar-refractivity contribution in [3.63, 3.8) is 0 Å². The molecule has 2 fully saturated rings. The molecule has 2 aliphatic rings. The van der Waals surface area contributed by atoms with E-state index in [1.54, 1.807) is 0 Å². The third-order valence-corrected chi connectivity index (χ3v) is 4.76. The van der Waals surface area contributed by atoms with E-state index in [2.05, 4.69) is 10.6 Å². The summed E-state index contributed by atoms with van der Waals surface area (Å²) < 4.78 is 43.8. The molecular formula is C16H15F3N2O2. The van der Waals surface area contributed by atoms with Crippen molar-refractivity contribution in [3.8, 4) is 0 Å². The van der Waals surface area contributed by atoms with Gasteiger partial charge >= 0.3 is 6.18 Å². The van der Waals surface area contributed by atoms with Crippen molar-refractivity contribution in [1.82, 2.24) is 10.6 Å². The van der Waals surface area contributed by atoms with Crippen LogP contribution in [0.3, 0.4) is 0 Å². The third-order valence-electron chi connectivity index (χ3n) is 4.76. The van der Waals surface area contributed by atoms with Gasteiger partial charge in [-0.15, -0.1) is 0 Å². The Morgan fingerprint density at radius 2 is 2.13 bits per heavy atom. The summed E-state index contributed by atoms with van der Waals surface area (Å²) in [5.74, 6) is -0.347. The number of furan rings is 1. The highest BCUT2D eigenvalue weighted by Crippen LogP contribution is 2.36. The molecule has 122 valence electrons. The van der Waals surface area contributed by atoms with Crippen LogP contribution in [0.5, 0.6) is 0 Å². The van der Waals surface area contributed by atoms with Gasteiger partial charge in [-0.1, -0.05) is 0 Å². The molecule has 2 bridgehead atoms. The van der Waals surface area contributed by atoms with Crippen LogP contribution in [-0.2, 0) is 6.18 Å². The van der Waals surface area contributed by atoms with Crippen LogP contribution in [0.25, 0.3) is 11.0 Å². The molecule has 0 unspecified atom stereocenters. The molecule has 3 atom stereocenters. The standard InChI is InChI=1S/C16H15F3N2O2/c17-16(18,19)11-7-23-14-4-1-8(5-10(11)14)15(22)21-13-6-9-2-3-12(13)20-9/h1,4-5,7,9,12-13,20H,2-3,6H2,(H,21,22)/t9-,12+,13-/m1/s1. The van der Waals surface area contributed by atoms with Crippen molar-refractivity contribution in [2.45, 2.75) is 43.6 Å². The van der Waals surface area contributed by atoms with E-state index in [9.17, 15) is 18.0 Å². The van der Waals surface area contributed by atoms with Gasteiger partial charge < -0.3 is 15.1 Å². The van der Waals surface area contributed by atoms with Crippen LogP contribution >= 0.6 is 0 Å². The molecule has 1 amide bonds. The third kappa shape index (κ3) is 2.49. The van der Waals surface area contributed by atoms with Crippen molar-refractivity contribution in [2.75, 3.05) is 0 Å². The Hall–Kier alpha value is -2.02. The van der Waals surface area contributed by atoms with Crippen LogP contribution in [0.2, 0.25) is 0 Å². The van der Waals surface area contributed by atoms with Crippen molar-refractivity contribution in [1.29, 1.82) is 0 Å². The largest absolute Gasteiger partial charge is 0.464 e. The second-order valence-electron chi connectivity index (χ2n) is 6.22. The summed E-state index contributed by atoms with van der Waals surface area (Å²) in [5, 5.41) is 6.25. The van der Waals surface area contributed by atoms with Crippen molar-refractivity contribution in [2.24, 2.45) is 0 Å². The molecule has 0 aliphatic carbocycles. The quantitative estimate of drug-likeness (QED) is 0.893. The lowest BCUT2D eigenvalue weighted by atomic mass is 9.95. The summed E-state index contributed by atoms with van der Waals surface area (Å²) in [7, 11) is 0. The Bertz CT molecular complexity index is 768. The Morgan fingerprint density at radius 1 is 1.30 bits per heavy atom. The maximum atomic E-state index is 12.9. The summed E-state index contributed by atoms with van der Waals surface area (Å²) in [6.07, 6.45) is -0.805. The van der Waals surface area contributed by atoms with E-state index in [0.29, 0.717) is 12.3 Å². The van der Waals surface area contributed by atoms with Gasteiger partial charge in [0.05, 0.1) is 0 Å². The van der Waals surface area contributed by atoms with Crippen molar-refractivity contribution < 1.29 is 22.4 Å². The first kappa shape index (κ1) is 14.6. The Balaban J connectivity index is 1.60. The summed E-state index contributed by atoms with van der Waals surface area (Å²) in [4.78, 5) is 12.4. The fraction of sp³-hybridized carbons (Fsp3) is 0.438. The molecule has 1 aromatic heterocycles. The van der Waals surface area contributed by atoms with Crippen LogP contribution in [0.1, 0.15) is 35.2 Å². The highest BCUT2D eigenvalue weighted by Gasteiger charge is 2.40. The van der Waals surface area contributed by atoms with E-state index < -0.39 is 11.7 Å². The van der Waals surface area contributed by atoms with E-state index in [1.807, 2.05) is 0 Å². The zero-order valence-electron chi connectivity index (χ0n) is 12.1. The topological polar surface area (TPSA) is 54.3 Å². The molecule has 0 radical (unpaired) electrons. The van der Waals surface area contributed by atoms with E-state index in [0.717, 1.165) is 19.3 Å². The number of amides is 1. The van der Waals surface area contributed by atoms with Crippen LogP contribution in [0, 0.1) is 0 Å². The van der Waals surface area contributed by atoms with Gasteiger partial charge in [0, 0.05) is 29.1 Å². The first-order valence-electron chi connectivity index (χ1n) is 7.57. The van der Waals surface area contributed by atoms with Crippen LogP contribution in [-0.4, -0.2) is 24.0 Å². The van der Waals surface area contributed by atoms with Gasteiger partial charge in [-0.25, -0.2) is 0 Å². The van der Waals surface area contributed by atoms with Gasteiger partial charge in [0.15, 0.2) is 0 Å². The number of hydrogen-bond acceptors (Lipinski definition) is 3. The molecule has 1 aromatic carbocycles. The summed E-state index contributed by atoms with van der Waals surface area (Å²) >= 11 is 0. The molecule has 2 aliphatic heterocycles. The highest BCUT2D eigenvalue weighted by molar-refractivity contribution is 5.98. The van der Waals surface area contributed by atoms with Gasteiger partial charge in [0.2, 0.25) is 0 Å². The van der Waals surface area contributed by atoms with E-state index in [4.69, 9.17) is 4.42 Å². The van der Waals surface area contributed by atoms with Crippen LogP contribution in [0.15, 0.2) is 28.9 Å². The molecule has 0 spiro atoms. The molecule has 0 saturated carbocycles. The monoisotopic (exact) mass is 324 g/mol. The number of nitrogens with one attached hydrogen (secondary N) is 2. The molecule has 23 heavy (non-hydrogen) atoms. The minimum atomic E-state index is -4.51. The Kier molecular flexibility index (Phi) is 3.16. The first-order valence-corrected chi connectivity index (χ1v) is 7.57. The van der Waals surface area contributed by atoms with Gasteiger partial charge in [0.1, 0.15) is 17.4 Å². The summed E-state index contributed by atoms with van der Waals surface area (Å²) in [6.45, 7) is 0. The minimum Gasteiger partial charge on any atom is -0.464 e. The SMILES string of the molecule is O=C(N[C@@H]1C[C@H]2CC[C@@H]1N2)c1ccc2occ(C(F)(F)F)c2c1. The van der Waals surface area contributed by atoms with Gasteiger partial charge in [-0.05, 0) is 37.5 Å². The molecule has 4 nitrogen and oxygen atoms in total. The van der Waals surface area contributed by atoms with Crippen LogP contribution in [0.4, 0.5) is 13.2 Å². The fourth-order valence-corrected chi connectivity index (χ4v) is 3.63. The molecule has 7 heteroatoms. The maximum Gasteiger partial charge on any atom is 0.420 e. The second kappa shape index (κ2) is 4.99. The number of benzene rings is 1. The van der Waals surface area contributed by atoms with Gasteiger partial charge in [0.25, 0.3) is 5.91 Å². The van der Waals surface area contributed by atoms with Gasteiger partial charge in [-0.3, -0.25) is 4.79 Å². The van der Waals surface area contributed by atoms with Crippen molar-refractivity contribution >= 4 is 16.9 Å². The lowest BCUT2D eigenvalue weighted by molar-refractivity contribution is -0.136. The summed E-state index contributed by atoms with van der Waals surface area (Å²) in [5.41, 5.74) is -0.522. The number of carbonyl (C=O) groups excluding carboxylic acids is 1. The molecular weight excluding hydrogens is 309 g/mol. The summed E-state index contributed by atoms with van der Waals surface area (Å²) in [6, 6.07) is 4.90. The number of alkyl halides is 3. The molecule has 4 rings (SSSR count). The average molecular weight is 324 g/mol. The zero-order chi connectivity index (χ0) is 16.2. The van der Waals surface area contributed by atoms with Gasteiger partial charge in [-0.2, -0.15) is 13.2 Å². The second-order valence-corrected chi connectivity index (χ2v) is 6.22. The first-order chi connectivity index (χ1) is 10.9. The normalized spacial score (nSPS) is 26.8. The number of hydrogen-bond donors (Lipinski definition) is 2. The Morgan fingerprint density at radius 3 is 2.78 bits per heavy atom. The predicted octanol–water partition coefficient (Wildman–Crippen LogP) is 3.07. The zero-order valence-corrected chi connectivity index (χ0v) is 12.1. The molecule has 2 N–H and O–H groups in total. The van der Waals surface area contributed by atoms with E-state index in [1.165, 1.54) is 18.2 Å². The highest BCUT2D eigenvalue weighted by atomic mass is 19.4. The minimum absolute atomic E-state index is 0.0448. The maximum absolute atomic E-state index is 12.9. The van der Waals surface area contributed by atoms with Crippen molar-refractivity contribution in [3.05, 3.63) is 35.6 Å². The number of halogens is 3. The average Bonchev–Trinajstić information content (AvgIpc) is 3.20. The number of carbonyl (C=O) groups is 1. The lowest BCUT2D eigenvalue weighted by Crippen LogP contribution is -2.42. The Labute approximate surface area is 130 Å². The fourth-order valence-electron chi connectivity index (χ4n) is 3.63. The number of rotatable bonds is 2. The molecule has 2 aromatic rings. The van der Waals surface area contributed by atoms with Crippen LogP contribution < -0.4 is 10.6 Å².